The van der Waals surface area contributed by atoms with Gasteiger partial charge < -0.3 is 9.80 Å². The molecule has 0 saturated carbocycles. The maximum Gasteiger partial charge on any atom is 0.240 e. The zero-order valence-electron chi connectivity index (χ0n) is 12.8. The Morgan fingerprint density at radius 3 is 3.00 bits per heavy atom. The second-order valence-electron chi connectivity index (χ2n) is 5.75. The average Bonchev–Trinajstić information content (AvgIpc) is 3.02. The Morgan fingerprint density at radius 2 is 2.33 bits per heavy atom. The van der Waals surface area contributed by atoms with Crippen molar-refractivity contribution in [3.8, 4) is 0 Å². The molecule has 0 spiro atoms. The normalized spacial score (nSPS) is 19.3. The van der Waals surface area contributed by atoms with Crippen molar-refractivity contribution in [1.82, 2.24) is 14.9 Å². The van der Waals surface area contributed by atoms with E-state index in [0.717, 1.165) is 22.6 Å². The van der Waals surface area contributed by atoms with E-state index in [1.54, 1.807) is 11.3 Å². The Morgan fingerprint density at radius 1 is 1.52 bits per heavy atom. The van der Waals surface area contributed by atoms with Crippen LogP contribution in [0.5, 0.6) is 0 Å². The summed E-state index contributed by atoms with van der Waals surface area (Å²) < 4.78 is 0. The standard InChI is InChI=1S/C14H22N6S/c1-9-7-11-12(16-14(18-15)17-13(11)21-9)20(3)8-10-5-4-6-19(10)2/h7,10H,4-6,8,15H2,1-3H3,(H,16,17,18). The number of likely N-dealkylation sites (tertiary alicyclic amines) is 1. The summed E-state index contributed by atoms with van der Waals surface area (Å²) in [6, 6.07) is 2.75. The SMILES string of the molecule is Cc1cc2c(N(C)CC3CCCN3C)nc(NN)nc2s1. The maximum absolute atomic E-state index is 5.51. The summed E-state index contributed by atoms with van der Waals surface area (Å²) in [4.78, 5) is 15.9. The molecule has 0 aliphatic carbocycles. The number of rotatable bonds is 4. The van der Waals surface area contributed by atoms with Gasteiger partial charge in [0.2, 0.25) is 5.95 Å². The van der Waals surface area contributed by atoms with Crippen LogP contribution in [-0.2, 0) is 0 Å². The van der Waals surface area contributed by atoms with Crippen LogP contribution in [0.15, 0.2) is 6.07 Å². The summed E-state index contributed by atoms with van der Waals surface area (Å²) in [7, 11) is 4.30. The highest BCUT2D eigenvalue weighted by molar-refractivity contribution is 7.18. The zero-order chi connectivity index (χ0) is 15.0. The molecule has 114 valence electrons. The fourth-order valence-electron chi connectivity index (χ4n) is 2.99. The van der Waals surface area contributed by atoms with Gasteiger partial charge in [-0.25, -0.2) is 10.8 Å². The predicted octanol–water partition coefficient (Wildman–Crippen LogP) is 1.82. The second kappa shape index (κ2) is 5.75. The molecule has 0 aromatic carbocycles. The molecular weight excluding hydrogens is 284 g/mol. The smallest absolute Gasteiger partial charge is 0.240 e. The van der Waals surface area contributed by atoms with E-state index in [0.29, 0.717) is 12.0 Å². The monoisotopic (exact) mass is 306 g/mol. The molecule has 1 fully saturated rings. The fourth-order valence-corrected chi connectivity index (χ4v) is 3.87. The van der Waals surface area contributed by atoms with Gasteiger partial charge in [0.15, 0.2) is 0 Å². The van der Waals surface area contributed by atoms with Gasteiger partial charge in [-0.05, 0) is 39.4 Å². The molecule has 1 aliphatic rings. The lowest BCUT2D eigenvalue weighted by molar-refractivity contribution is 0.314. The number of fused-ring (bicyclic) bond motifs is 1. The minimum absolute atomic E-state index is 0.478. The third-order valence-corrected chi connectivity index (χ3v) is 5.09. The first kappa shape index (κ1) is 14.5. The molecule has 3 rings (SSSR count). The van der Waals surface area contributed by atoms with Crippen LogP contribution in [0.25, 0.3) is 10.2 Å². The number of hydrogen-bond donors (Lipinski definition) is 2. The van der Waals surface area contributed by atoms with E-state index in [-0.39, 0.29) is 0 Å². The number of thiophene rings is 1. The van der Waals surface area contributed by atoms with Gasteiger partial charge >= 0.3 is 0 Å². The third-order valence-electron chi connectivity index (χ3n) is 4.14. The summed E-state index contributed by atoms with van der Waals surface area (Å²) in [5.74, 6) is 6.94. The molecule has 21 heavy (non-hydrogen) atoms. The Hall–Kier alpha value is -1.44. The molecule has 0 bridgehead atoms. The minimum atomic E-state index is 0.478. The Balaban J connectivity index is 1.93. The van der Waals surface area contributed by atoms with Crippen molar-refractivity contribution in [3.63, 3.8) is 0 Å². The van der Waals surface area contributed by atoms with Crippen LogP contribution in [-0.4, -0.2) is 48.1 Å². The summed E-state index contributed by atoms with van der Waals surface area (Å²) >= 11 is 1.67. The van der Waals surface area contributed by atoms with Crippen molar-refractivity contribution in [2.45, 2.75) is 25.8 Å². The van der Waals surface area contributed by atoms with Gasteiger partial charge in [-0.3, -0.25) is 5.43 Å². The van der Waals surface area contributed by atoms with Crippen LogP contribution in [0.4, 0.5) is 11.8 Å². The first-order valence-corrected chi connectivity index (χ1v) is 8.06. The number of hydrazine groups is 1. The number of hydrogen-bond acceptors (Lipinski definition) is 7. The van der Waals surface area contributed by atoms with Crippen LogP contribution in [0.1, 0.15) is 17.7 Å². The van der Waals surface area contributed by atoms with Gasteiger partial charge in [0.05, 0.1) is 5.39 Å². The number of nitrogen functional groups attached to an aromatic ring is 1. The quantitative estimate of drug-likeness (QED) is 0.663. The molecule has 3 heterocycles. The van der Waals surface area contributed by atoms with E-state index in [1.807, 2.05) is 0 Å². The van der Waals surface area contributed by atoms with Crippen molar-refractivity contribution < 1.29 is 0 Å². The lowest BCUT2D eigenvalue weighted by atomic mass is 10.2. The molecule has 1 saturated heterocycles. The summed E-state index contributed by atoms with van der Waals surface area (Å²) in [5.41, 5.74) is 2.57. The molecule has 6 nitrogen and oxygen atoms in total. The van der Waals surface area contributed by atoms with Crippen molar-refractivity contribution in [2.24, 2.45) is 5.84 Å². The summed E-state index contributed by atoms with van der Waals surface area (Å²) in [5, 5.41) is 1.11. The van der Waals surface area contributed by atoms with E-state index in [9.17, 15) is 0 Å². The Kier molecular flexibility index (Phi) is 3.97. The van der Waals surface area contributed by atoms with E-state index in [1.165, 1.54) is 24.3 Å². The van der Waals surface area contributed by atoms with E-state index < -0.39 is 0 Å². The summed E-state index contributed by atoms with van der Waals surface area (Å²) in [6.45, 7) is 4.25. The first-order chi connectivity index (χ1) is 10.1. The van der Waals surface area contributed by atoms with E-state index >= 15 is 0 Å². The Bertz CT molecular complexity index is 640. The molecule has 1 atom stereocenters. The number of nitrogens with zero attached hydrogens (tertiary/aromatic N) is 4. The van der Waals surface area contributed by atoms with Crippen LogP contribution < -0.4 is 16.2 Å². The van der Waals surface area contributed by atoms with Crippen molar-refractivity contribution in [2.75, 3.05) is 37.5 Å². The van der Waals surface area contributed by atoms with Gasteiger partial charge in [0.1, 0.15) is 10.6 Å². The van der Waals surface area contributed by atoms with Crippen LogP contribution in [0.3, 0.4) is 0 Å². The molecule has 1 unspecified atom stereocenters. The predicted molar refractivity (Wildman–Crippen MR) is 88.9 cm³/mol. The number of likely N-dealkylation sites (N-methyl/N-ethyl adjacent to an activating group) is 2. The molecule has 2 aromatic heterocycles. The molecular formula is C14H22N6S. The maximum atomic E-state index is 5.51. The van der Waals surface area contributed by atoms with E-state index in [2.05, 4.69) is 52.3 Å². The largest absolute Gasteiger partial charge is 0.357 e. The zero-order valence-corrected chi connectivity index (χ0v) is 13.6. The molecule has 0 radical (unpaired) electrons. The number of anilines is 2. The molecule has 7 heteroatoms. The van der Waals surface area contributed by atoms with Crippen molar-refractivity contribution >= 4 is 33.3 Å². The lowest BCUT2D eigenvalue weighted by Gasteiger charge is -2.27. The van der Waals surface area contributed by atoms with Gasteiger partial charge in [-0.1, -0.05) is 0 Å². The minimum Gasteiger partial charge on any atom is -0.357 e. The molecule has 3 N–H and O–H groups in total. The average molecular weight is 306 g/mol. The highest BCUT2D eigenvalue weighted by Crippen LogP contribution is 2.31. The van der Waals surface area contributed by atoms with Crippen LogP contribution >= 0.6 is 11.3 Å². The van der Waals surface area contributed by atoms with Gasteiger partial charge in [-0.2, -0.15) is 4.98 Å². The molecule has 2 aromatic rings. The Labute approximate surface area is 128 Å². The van der Waals surface area contributed by atoms with Crippen molar-refractivity contribution in [1.29, 1.82) is 0 Å². The fraction of sp³-hybridized carbons (Fsp3) is 0.571. The molecule has 0 amide bonds. The number of aromatic nitrogens is 2. The van der Waals surface area contributed by atoms with Crippen LogP contribution in [0, 0.1) is 6.92 Å². The second-order valence-corrected chi connectivity index (χ2v) is 6.98. The van der Waals surface area contributed by atoms with E-state index in [4.69, 9.17) is 5.84 Å². The first-order valence-electron chi connectivity index (χ1n) is 7.24. The lowest BCUT2D eigenvalue weighted by Crippen LogP contribution is -2.37. The topological polar surface area (TPSA) is 70.3 Å². The number of nitrogens with one attached hydrogen (secondary N) is 1. The van der Waals surface area contributed by atoms with Gasteiger partial charge in [-0.15, -0.1) is 11.3 Å². The number of nitrogens with two attached hydrogens (primary N) is 1. The van der Waals surface area contributed by atoms with Crippen LogP contribution in [0.2, 0.25) is 0 Å². The van der Waals surface area contributed by atoms with Gasteiger partial charge in [0.25, 0.3) is 0 Å². The highest BCUT2D eigenvalue weighted by Gasteiger charge is 2.24. The third kappa shape index (κ3) is 2.81. The highest BCUT2D eigenvalue weighted by atomic mass is 32.1. The summed E-state index contributed by atoms with van der Waals surface area (Å²) in [6.07, 6.45) is 2.53. The number of aryl methyl sites for hydroxylation is 1. The molecule has 1 aliphatic heterocycles. The van der Waals surface area contributed by atoms with Crippen molar-refractivity contribution in [3.05, 3.63) is 10.9 Å². The van der Waals surface area contributed by atoms with Gasteiger partial charge in [0, 0.05) is 24.5 Å².